The van der Waals surface area contributed by atoms with Gasteiger partial charge in [-0.05, 0) is 43.0 Å². The van der Waals surface area contributed by atoms with Crippen LogP contribution in [0.4, 0.5) is 4.39 Å². The highest BCUT2D eigenvalue weighted by Crippen LogP contribution is 2.26. The summed E-state index contributed by atoms with van der Waals surface area (Å²) in [4.78, 5) is 17.6. The minimum atomic E-state index is -0.295. The number of carbonyl (C=O) groups excluding carboxylic acids is 1. The van der Waals surface area contributed by atoms with Crippen molar-refractivity contribution in [1.82, 2.24) is 10.3 Å². The Kier molecular flexibility index (Phi) is 4.76. The van der Waals surface area contributed by atoms with Crippen LogP contribution in [0.5, 0.6) is 0 Å². The van der Waals surface area contributed by atoms with Crippen molar-refractivity contribution in [2.24, 2.45) is 0 Å². The van der Waals surface area contributed by atoms with E-state index in [0.29, 0.717) is 17.3 Å². The van der Waals surface area contributed by atoms with Crippen molar-refractivity contribution in [3.8, 4) is 10.8 Å². The van der Waals surface area contributed by atoms with Gasteiger partial charge in [0.05, 0.1) is 23.0 Å². The van der Waals surface area contributed by atoms with Gasteiger partial charge in [-0.1, -0.05) is 18.2 Å². The summed E-state index contributed by atoms with van der Waals surface area (Å²) in [6.45, 7) is 3.66. The summed E-state index contributed by atoms with van der Waals surface area (Å²) in [5.74, 6) is 0.734. The van der Waals surface area contributed by atoms with Gasteiger partial charge in [0, 0.05) is 0 Å². The fourth-order valence-corrected chi connectivity index (χ4v) is 3.03. The zero-order chi connectivity index (χ0) is 17.1. The van der Waals surface area contributed by atoms with Gasteiger partial charge in [0.15, 0.2) is 0 Å². The Bertz CT molecular complexity index is 825. The molecule has 0 spiro atoms. The number of thiophene rings is 1. The Morgan fingerprint density at radius 2 is 2.08 bits per heavy atom. The molecule has 0 aliphatic heterocycles. The molecule has 1 N–H and O–H groups in total. The van der Waals surface area contributed by atoms with Crippen molar-refractivity contribution in [1.29, 1.82) is 0 Å². The van der Waals surface area contributed by atoms with Crippen molar-refractivity contribution < 1.29 is 13.6 Å². The molecule has 0 bridgehead atoms. The summed E-state index contributed by atoms with van der Waals surface area (Å²) in [5, 5.41) is 4.84. The van der Waals surface area contributed by atoms with E-state index in [-0.39, 0.29) is 24.2 Å². The second-order valence-electron chi connectivity index (χ2n) is 5.52. The zero-order valence-corrected chi connectivity index (χ0v) is 14.2. The fraction of sp³-hybridized carbons (Fsp3) is 0.222. The molecule has 2 heterocycles. The molecule has 6 heteroatoms. The Labute approximate surface area is 143 Å². The van der Waals surface area contributed by atoms with E-state index < -0.39 is 0 Å². The van der Waals surface area contributed by atoms with E-state index in [9.17, 15) is 9.18 Å². The lowest BCUT2D eigenvalue weighted by molar-refractivity contribution is -0.121. The molecule has 3 aromatic rings. The van der Waals surface area contributed by atoms with Gasteiger partial charge in [0.1, 0.15) is 11.6 Å². The predicted molar refractivity (Wildman–Crippen MR) is 91.2 cm³/mol. The van der Waals surface area contributed by atoms with Crippen molar-refractivity contribution in [3.05, 3.63) is 64.6 Å². The normalized spacial score (nSPS) is 12.1. The van der Waals surface area contributed by atoms with Crippen molar-refractivity contribution in [3.63, 3.8) is 0 Å². The molecular weight excluding hydrogens is 327 g/mol. The van der Waals surface area contributed by atoms with Crippen LogP contribution in [0.1, 0.15) is 30.0 Å². The molecular formula is C18H17FN2O2S. The van der Waals surface area contributed by atoms with E-state index in [4.69, 9.17) is 4.42 Å². The number of nitrogens with zero attached hydrogens (tertiary/aromatic N) is 1. The van der Waals surface area contributed by atoms with Crippen molar-refractivity contribution >= 4 is 17.2 Å². The lowest BCUT2D eigenvalue weighted by Gasteiger charge is -2.13. The molecule has 0 aliphatic rings. The molecule has 3 rings (SSSR count). The topological polar surface area (TPSA) is 55.1 Å². The third-order valence-corrected chi connectivity index (χ3v) is 4.56. The number of hydrogen-bond donors (Lipinski definition) is 1. The first-order chi connectivity index (χ1) is 11.5. The Morgan fingerprint density at radius 1 is 1.33 bits per heavy atom. The number of halogens is 1. The maximum atomic E-state index is 13.0. The number of aryl methyl sites for hydroxylation is 1. The van der Waals surface area contributed by atoms with E-state index >= 15 is 0 Å². The summed E-state index contributed by atoms with van der Waals surface area (Å²) in [6, 6.07) is 9.74. The highest BCUT2D eigenvalue weighted by Gasteiger charge is 2.17. The van der Waals surface area contributed by atoms with Crippen LogP contribution < -0.4 is 5.32 Å². The lowest BCUT2D eigenvalue weighted by Crippen LogP contribution is -2.28. The third kappa shape index (κ3) is 3.71. The molecule has 4 nitrogen and oxygen atoms in total. The van der Waals surface area contributed by atoms with Crippen LogP contribution in [0.15, 0.2) is 46.2 Å². The summed E-state index contributed by atoms with van der Waals surface area (Å²) in [5.41, 5.74) is 1.48. The smallest absolute Gasteiger partial charge is 0.236 e. The Balaban J connectivity index is 1.65. The zero-order valence-electron chi connectivity index (χ0n) is 13.4. The van der Waals surface area contributed by atoms with E-state index in [1.54, 1.807) is 19.1 Å². The van der Waals surface area contributed by atoms with Gasteiger partial charge >= 0.3 is 0 Å². The third-order valence-electron chi connectivity index (χ3n) is 3.70. The molecule has 0 fully saturated rings. The fourth-order valence-electron chi connectivity index (χ4n) is 2.38. The average molecular weight is 344 g/mol. The summed E-state index contributed by atoms with van der Waals surface area (Å²) in [7, 11) is 0. The SMILES string of the molecule is Cc1oc(-c2cccs2)nc1CC(=O)NC(C)c1ccc(F)cc1. The van der Waals surface area contributed by atoms with Gasteiger partial charge in [0.2, 0.25) is 11.8 Å². The molecule has 1 unspecified atom stereocenters. The maximum Gasteiger partial charge on any atom is 0.236 e. The van der Waals surface area contributed by atoms with E-state index in [0.717, 1.165) is 10.4 Å². The van der Waals surface area contributed by atoms with Crippen molar-refractivity contribution in [2.75, 3.05) is 0 Å². The molecule has 24 heavy (non-hydrogen) atoms. The molecule has 1 atom stereocenters. The molecule has 0 aliphatic carbocycles. The van der Waals surface area contributed by atoms with Crippen LogP contribution in [0.3, 0.4) is 0 Å². The molecule has 0 saturated carbocycles. The molecule has 1 amide bonds. The first kappa shape index (κ1) is 16.4. The first-order valence-electron chi connectivity index (χ1n) is 7.58. The highest BCUT2D eigenvalue weighted by molar-refractivity contribution is 7.13. The standard InChI is InChI=1S/C18H17FN2O2S/c1-11(13-5-7-14(19)8-6-13)20-17(22)10-15-12(2)23-18(21-15)16-4-3-9-24-16/h3-9,11H,10H2,1-2H3,(H,20,22). The molecule has 1 aromatic carbocycles. The predicted octanol–water partition coefficient (Wildman–Crippen LogP) is 4.27. The lowest BCUT2D eigenvalue weighted by atomic mass is 10.1. The van der Waals surface area contributed by atoms with Gasteiger partial charge in [-0.15, -0.1) is 11.3 Å². The Hall–Kier alpha value is -2.47. The molecule has 2 aromatic heterocycles. The maximum absolute atomic E-state index is 13.0. The van der Waals surface area contributed by atoms with Crippen LogP contribution >= 0.6 is 11.3 Å². The minimum Gasteiger partial charge on any atom is -0.440 e. The van der Waals surface area contributed by atoms with Crippen LogP contribution in [0.25, 0.3) is 10.8 Å². The first-order valence-corrected chi connectivity index (χ1v) is 8.46. The van der Waals surface area contributed by atoms with Gasteiger partial charge in [-0.25, -0.2) is 9.37 Å². The monoisotopic (exact) mass is 344 g/mol. The van der Waals surface area contributed by atoms with Crippen LogP contribution in [-0.2, 0) is 11.2 Å². The Morgan fingerprint density at radius 3 is 2.75 bits per heavy atom. The van der Waals surface area contributed by atoms with E-state index in [1.807, 2.05) is 24.4 Å². The minimum absolute atomic E-state index is 0.145. The second-order valence-corrected chi connectivity index (χ2v) is 6.46. The number of nitrogens with one attached hydrogen (secondary N) is 1. The highest BCUT2D eigenvalue weighted by atomic mass is 32.1. The van der Waals surface area contributed by atoms with Crippen molar-refractivity contribution in [2.45, 2.75) is 26.3 Å². The number of benzene rings is 1. The largest absolute Gasteiger partial charge is 0.440 e. The number of rotatable bonds is 5. The number of amides is 1. The van der Waals surface area contributed by atoms with Gasteiger partial charge in [-0.2, -0.15) is 0 Å². The number of hydrogen-bond acceptors (Lipinski definition) is 4. The molecule has 0 saturated heterocycles. The van der Waals surface area contributed by atoms with Crippen LogP contribution in [0, 0.1) is 12.7 Å². The van der Waals surface area contributed by atoms with Gasteiger partial charge in [0.25, 0.3) is 0 Å². The van der Waals surface area contributed by atoms with Gasteiger partial charge < -0.3 is 9.73 Å². The van der Waals surface area contributed by atoms with Crippen LogP contribution in [-0.4, -0.2) is 10.9 Å². The second kappa shape index (κ2) is 6.97. The van der Waals surface area contributed by atoms with E-state index in [2.05, 4.69) is 10.3 Å². The number of carbonyl (C=O) groups is 1. The summed E-state index contributed by atoms with van der Waals surface area (Å²) < 4.78 is 18.6. The van der Waals surface area contributed by atoms with Crippen LogP contribution in [0.2, 0.25) is 0 Å². The average Bonchev–Trinajstić information content (AvgIpc) is 3.18. The summed E-state index contributed by atoms with van der Waals surface area (Å²) in [6.07, 6.45) is 0.145. The molecule has 0 radical (unpaired) electrons. The van der Waals surface area contributed by atoms with Gasteiger partial charge in [-0.3, -0.25) is 4.79 Å². The number of oxazole rings is 1. The summed E-state index contributed by atoms with van der Waals surface area (Å²) >= 11 is 1.54. The van der Waals surface area contributed by atoms with E-state index in [1.165, 1.54) is 23.5 Å². The number of aromatic nitrogens is 1. The quantitative estimate of drug-likeness (QED) is 0.752. The molecule has 124 valence electrons.